The Hall–Kier alpha value is -1.35. The van der Waals surface area contributed by atoms with Crippen molar-refractivity contribution in [1.82, 2.24) is 9.97 Å². The van der Waals surface area contributed by atoms with Crippen molar-refractivity contribution in [3.05, 3.63) is 57.8 Å². The SMILES string of the molecule is Clc1cc(Cl)c(-c2cccc3ncccc23)nc1Cl. The molecule has 1 aromatic carbocycles. The van der Waals surface area contributed by atoms with Gasteiger partial charge in [-0.1, -0.05) is 53.0 Å². The fourth-order valence-corrected chi connectivity index (χ4v) is 2.54. The Morgan fingerprint density at radius 2 is 1.74 bits per heavy atom. The molecule has 0 aliphatic rings. The highest BCUT2D eigenvalue weighted by molar-refractivity contribution is 6.43. The summed E-state index contributed by atoms with van der Waals surface area (Å²) < 4.78 is 0. The van der Waals surface area contributed by atoms with Gasteiger partial charge in [-0.05, 0) is 18.2 Å². The topological polar surface area (TPSA) is 25.8 Å². The molecule has 2 aromatic heterocycles. The van der Waals surface area contributed by atoms with E-state index in [9.17, 15) is 0 Å². The van der Waals surface area contributed by atoms with E-state index in [2.05, 4.69) is 9.97 Å². The predicted octanol–water partition coefficient (Wildman–Crippen LogP) is 5.26. The van der Waals surface area contributed by atoms with Gasteiger partial charge in [-0.2, -0.15) is 0 Å². The van der Waals surface area contributed by atoms with Crippen LogP contribution in [0.25, 0.3) is 22.2 Å². The lowest BCUT2D eigenvalue weighted by atomic mass is 10.1. The van der Waals surface area contributed by atoms with Crippen molar-refractivity contribution in [2.75, 3.05) is 0 Å². The summed E-state index contributed by atoms with van der Waals surface area (Å²) in [6, 6.07) is 11.2. The summed E-state index contributed by atoms with van der Waals surface area (Å²) in [7, 11) is 0. The van der Waals surface area contributed by atoms with Crippen molar-refractivity contribution >= 4 is 45.7 Å². The maximum absolute atomic E-state index is 6.21. The average molecular weight is 310 g/mol. The van der Waals surface area contributed by atoms with E-state index in [1.807, 2.05) is 30.3 Å². The van der Waals surface area contributed by atoms with Gasteiger partial charge in [0.25, 0.3) is 0 Å². The van der Waals surface area contributed by atoms with Crippen LogP contribution >= 0.6 is 34.8 Å². The zero-order valence-corrected chi connectivity index (χ0v) is 11.8. The first-order valence-electron chi connectivity index (χ1n) is 5.52. The third-order valence-corrected chi connectivity index (χ3v) is 3.75. The van der Waals surface area contributed by atoms with Crippen LogP contribution in [0.5, 0.6) is 0 Å². The highest BCUT2D eigenvalue weighted by Gasteiger charge is 2.12. The van der Waals surface area contributed by atoms with Crippen molar-refractivity contribution in [3.8, 4) is 11.3 Å². The van der Waals surface area contributed by atoms with E-state index in [0.717, 1.165) is 16.5 Å². The molecule has 2 heterocycles. The number of nitrogens with zero attached hydrogens (tertiary/aromatic N) is 2. The molecule has 0 N–H and O–H groups in total. The van der Waals surface area contributed by atoms with Gasteiger partial charge in [-0.25, -0.2) is 4.98 Å². The molecule has 0 spiro atoms. The van der Waals surface area contributed by atoms with Crippen LogP contribution in [0.1, 0.15) is 0 Å². The molecule has 3 rings (SSSR count). The van der Waals surface area contributed by atoms with E-state index in [4.69, 9.17) is 34.8 Å². The summed E-state index contributed by atoms with van der Waals surface area (Å²) >= 11 is 18.1. The summed E-state index contributed by atoms with van der Waals surface area (Å²) in [5.74, 6) is 0. The quantitative estimate of drug-likeness (QED) is 0.573. The van der Waals surface area contributed by atoms with Crippen LogP contribution in [0.3, 0.4) is 0 Å². The van der Waals surface area contributed by atoms with E-state index >= 15 is 0 Å². The van der Waals surface area contributed by atoms with Crippen molar-refractivity contribution in [2.45, 2.75) is 0 Å². The predicted molar refractivity (Wildman–Crippen MR) is 80.0 cm³/mol. The van der Waals surface area contributed by atoms with E-state index in [1.165, 1.54) is 0 Å². The molecule has 0 saturated carbocycles. The van der Waals surface area contributed by atoms with Crippen LogP contribution in [0, 0.1) is 0 Å². The molecule has 19 heavy (non-hydrogen) atoms. The van der Waals surface area contributed by atoms with Crippen LogP contribution in [-0.4, -0.2) is 9.97 Å². The number of pyridine rings is 2. The monoisotopic (exact) mass is 308 g/mol. The van der Waals surface area contributed by atoms with E-state index in [0.29, 0.717) is 15.7 Å². The van der Waals surface area contributed by atoms with Gasteiger partial charge in [0, 0.05) is 17.1 Å². The number of hydrogen-bond donors (Lipinski definition) is 0. The van der Waals surface area contributed by atoms with Gasteiger partial charge in [0.2, 0.25) is 0 Å². The highest BCUT2D eigenvalue weighted by Crippen LogP contribution is 2.35. The first-order chi connectivity index (χ1) is 9.16. The summed E-state index contributed by atoms with van der Waals surface area (Å²) in [6.45, 7) is 0. The van der Waals surface area contributed by atoms with Gasteiger partial charge < -0.3 is 0 Å². The summed E-state index contributed by atoms with van der Waals surface area (Å²) in [5, 5.41) is 2.01. The molecule has 0 fully saturated rings. The summed E-state index contributed by atoms with van der Waals surface area (Å²) in [5.41, 5.74) is 2.37. The van der Waals surface area contributed by atoms with Gasteiger partial charge in [0.05, 0.1) is 21.3 Å². The van der Waals surface area contributed by atoms with Crippen LogP contribution in [-0.2, 0) is 0 Å². The second-order valence-electron chi connectivity index (χ2n) is 3.97. The lowest BCUT2D eigenvalue weighted by Gasteiger charge is -2.08. The van der Waals surface area contributed by atoms with E-state index in [1.54, 1.807) is 12.3 Å². The second-order valence-corrected chi connectivity index (χ2v) is 5.14. The van der Waals surface area contributed by atoms with Crippen molar-refractivity contribution in [1.29, 1.82) is 0 Å². The number of halogens is 3. The molecule has 0 amide bonds. The Labute approximate surface area is 125 Å². The molecule has 0 aliphatic heterocycles. The number of aromatic nitrogens is 2. The molecule has 0 aliphatic carbocycles. The molecule has 0 atom stereocenters. The van der Waals surface area contributed by atoms with Gasteiger partial charge >= 0.3 is 0 Å². The summed E-state index contributed by atoms with van der Waals surface area (Å²) in [4.78, 5) is 8.57. The van der Waals surface area contributed by atoms with Crippen LogP contribution in [0.4, 0.5) is 0 Å². The van der Waals surface area contributed by atoms with Crippen molar-refractivity contribution < 1.29 is 0 Å². The second kappa shape index (κ2) is 4.97. The van der Waals surface area contributed by atoms with Crippen LogP contribution in [0.15, 0.2) is 42.6 Å². The summed E-state index contributed by atoms with van der Waals surface area (Å²) in [6.07, 6.45) is 1.75. The fraction of sp³-hybridized carbons (Fsp3) is 0. The van der Waals surface area contributed by atoms with Gasteiger partial charge in [-0.3, -0.25) is 4.98 Å². The molecular formula is C14H7Cl3N2. The molecule has 0 saturated heterocycles. The van der Waals surface area contributed by atoms with Crippen LogP contribution < -0.4 is 0 Å². The lowest BCUT2D eigenvalue weighted by molar-refractivity contribution is 1.33. The van der Waals surface area contributed by atoms with Crippen molar-refractivity contribution in [2.24, 2.45) is 0 Å². The zero-order chi connectivity index (χ0) is 13.4. The third-order valence-electron chi connectivity index (χ3n) is 2.79. The van der Waals surface area contributed by atoms with Gasteiger partial charge in [0.1, 0.15) is 5.15 Å². The first kappa shape index (κ1) is 12.7. The minimum Gasteiger partial charge on any atom is -0.256 e. The Bertz CT molecular complexity index is 766. The average Bonchev–Trinajstić information content (AvgIpc) is 2.42. The Balaban J connectivity index is 2.33. The molecule has 2 nitrogen and oxygen atoms in total. The smallest absolute Gasteiger partial charge is 0.148 e. The largest absolute Gasteiger partial charge is 0.256 e. The molecule has 94 valence electrons. The number of fused-ring (bicyclic) bond motifs is 1. The fourth-order valence-electron chi connectivity index (χ4n) is 1.94. The maximum atomic E-state index is 6.21. The first-order valence-corrected chi connectivity index (χ1v) is 6.66. The molecule has 0 bridgehead atoms. The minimum atomic E-state index is 0.238. The van der Waals surface area contributed by atoms with E-state index < -0.39 is 0 Å². The molecule has 0 radical (unpaired) electrons. The number of hydrogen-bond acceptors (Lipinski definition) is 2. The van der Waals surface area contributed by atoms with Crippen molar-refractivity contribution in [3.63, 3.8) is 0 Å². The third kappa shape index (κ3) is 2.27. The minimum absolute atomic E-state index is 0.238. The van der Waals surface area contributed by atoms with E-state index in [-0.39, 0.29) is 5.15 Å². The molecular weight excluding hydrogens is 303 g/mol. The number of benzene rings is 1. The maximum Gasteiger partial charge on any atom is 0.148 e. The normalized spacial score (nSPS) is 10.9. The standard InChI is InChI=1S/C14H7Cl3N2/c15-10-7-11(16)14(17)19-13(10)9-3-1-5-12-8(9)4-2-6-18-12/h1-7H. The molecule has 5 heteroatoms. The Morgan fingerprint density at radius 1 is 0.895 bits per heavy atom. The molecule has 3 aromatic rings. The lowest BCUT2D eigenvalue weighted by Crippen LogP contribution is -1.89. The number of rotatable bonds is 1. The van der Waals surface area contributed by atoms with Crippen LogP contribution in [0.2, 0.25) is 15.2 Å². The Morgan fingerprint density at radius 3 is 2.58 bits per heavy atom. The zero-order valence-electron chi connectivity index (χ0n) is 9.57. The Kier molecular flexibility index (Phi) is 3.31. The highest BCUT2D eigenvalue weighted by atomic mass is 35.5. The van der Waals surface area contributed by atoms with Gasteiger partial charge in [-0.15, -0.1) is 0 Å². The molecule has 0 unspecified atom stereocenters. The van der Waals surface area contributed by atoms with Gasteiger partial charge in [0.15, 0.2) is 0 Å².